The molecular formula is C23H23N3O4. The van der Waals surface area contributed by atoms with E-state index >= 15 is 0 Å². The number of benzene rings is 2. The zero-order valence-corrected chi connectivity index (χ0v) is 17.1. The van der Waals surface area contributed by atoms with Gasteiger partial charge in [0.25, 0.3) is 11.8 Å². The Bertz CT molecular complexity index is 1120. The summed E-state index contributed by atoms with van der Waals surface area (Å²) in [6, 6.07) is 14.1. The van der Waals surface area contributed by atoms with Crippen molar-refractivity contribution < 1.29 is 19.1 Å². The molecule has 0 radical (unpaired) electrons. The first-order chi connectivity index (χ1) is 14.4. The molecule has 0 saturated heterocycles. The highest BCUT2D eigenvalue weighted by Gasteiger charge is 2.20. The minimum atomic E-state index is -0.586. The molecule has 1 aromatic heterocycles. The van der Waals surface area contributed by atoms with Gasteiger partial charge in [0.05, 0.1) is 16.8 Å². The van der Waals surface area contributed by atoms with Crippen molar-refractivity contribution >= 4 is 34.4 Å². The minimum Gasteiger partial charge on any atom is -0.452 e. The number of amides is 2. The Labute approximate surface area is 174 Å². The van der Waals surface area contributed by atoms with Gasteiger partial charge in [0, 0.05) is 23.7 Å². The van der Waals surface area contributed by atoms with Crippen molar-refractivity contribution in [1.29, 1.82) is 0 Å². The van der Waals surface area contributed by atoms with Crippen molar-refractivity contribution in [3.63, 3.8) is 0 Å². The van der Waals surface area contributed by atoms with Crippen LogP contribution >= 0.6 is 0 Å². The number of pyridine rings is 1. The number of aromatic nitrogens is 1. The van der Waals surface area contributed by atoms with E-state index in [9.17, 15) is 14.4 Å². The second-order valence-electron chi connectivity index (χ2n) is 6.71. The van der Waals surface area contributed by atoms with E-state index in [2.05, 4.69) is 15.6 Å². The highest BCUT2D eigenvalue weighted by molar-refractivity contribution is 6.01. The number of esters is 1. The lowest BCUT2D eigenvalue weighted by atomic mass is 10.0. The predicted molar refractivity (Wildman–Crippen MR) is 115 cm³/mol. The van der Waals surface area contributed by atoms with Crippen LogP contribution in [0.25, 0.3) is 10.9 Å². The summed E-state index contributed by atoms with van der Waals surface area (Å²) in [5.41, 5.74) is 3.48. The lowest BCUT2D eigenvalue weighted by Gasteiger charge is -2.13. The lowest BCUT2D eigenvalue weighted by Crippen LogP contribution is -2.23. The van der Waals surface area contributed by atoms with Gasteiger partial charge < -0.3 is 15.4 Å². The van der Waals surface area contributed by atoms with E-state index in [4.69, 9.17) is 4.74 Å². The van der Waals surface area contributed by atoms with Gasteiger partial charge in [-0.3, -0.25) is 14.6 Å². The average Bonchev–Trinajstić information content (AvgIpc) is 2.77. The maximum atomic E-state index is 12.7. The third kappa shape index (κ3) is 4.46. The van der Waals surface area contributed by atoms with Gasteiger partial charge in [-0.05, 0) is 43.2 Å². The molecule has 0 aliphatic carbocycles. The summed E-state index contributed by atoms with van der Waals surface area (Å²) in [4.78, 5) is 41.3. The van der Waals surface area contributed by atoms with Crippen molar-refractivity contribution in [2.75, 3.05) is 19.0 Å². The summed E-state index contributed by atoms with van der Waals surface area (Å²) in [5.74, 6) is -1.34. The highest BCUT2D eigenvalue weighted by atomic mass is 16.5. The van der Waals surface area contributed by atoms with Crippen LogP contribution in [-0.2, 0) is 16.0 Å². The number of nitrogens with one attached hydrogen (secondary N) is 2. The van der Waals surface area contributed by atoms with Crippen molar-refractivity contribution in [3.8, 4) is 0 Å². The number of nitrogens with zero attached hydrogens (tertiary/aromatic N) is 1. The van der Waals surface area contributed by atoms with Crippen molar-refractivity contribution in [2.24, 2.45) is 0 Å². The zero-order valence-electron chi connectivity index (χ0n) is 17.1. The topological polar surface area (TPSA) is 97.4 Å². The van der Waals surface area contributed by atoms with Gasteiger partial charge >= 0.3 is 5.97 Å². The van der Waals surface area contributed by atoms with Crippen LogP contribution in [0.2, 0.25) is 0 Å². The van der Waals surface area contributed by atoms with Gasteiger partial charge in [-0.1, -0.05) is 31.2 Å². The van der Waals surface area contributed by atoms with Crippen LogP contribution in [0.3, 0.4) is 0 Å². The molecule has 2 aromatic carbocycles. The molecule has 7 nitrogen and oxygen atoms in total. The monoisotopic (exact) mass is 405 g/mol. The molecule has 0 spiro atoms. The molecule has 0 fully saturated rings. The van der Waals surface area contributed by atoms with E-state index in [1.807, 2.05) is 38.1 Å². The Morgan fingerprint density at radius 2 is 1.83 bits per heavy atom. The summed E-state index contributed by atoms with van der Waals surface area (Å²) in [6.45, 7) is 3.32. The molecule has 0 atom stereocenters. The maximum Gasteiger partial charge on any atom is 0.340 e. The van der Waals surface area contributed by atoms with Crippen LogP contribution in [0.1, 0.15) is 38.9 Å². The number of hydrogen-bond donors (Lipinski definition) is 2. The third-order valence-corrected chi connectivity index (χ3v) is 4.74. The molecule has 1 heterocycles. The number of aryl methyl sites for hydroxylation is 2. The Morgan fingerprint density at radius 1 is 1.07 bits per heavy atom. The van der Waals surface area contributed by atoms with Crippen molar-refractivity contribution in [3.05, 3.63) is 70.9 Å². The number of ether oxygens (including phenoxy) is 1. The SMILES string of the molecule is CCc1nc2ccccc2c(C)c1C(=O)OCC(=O)Nc1cccc(C(=O)NC)c1. The van der Waals surface area contributed by atoms with Crippen LogP contribution in [-0.4, -0.2) is 36.4 Å². The van der Waals surface area contributed by atoms with Crippen LogP contribution in [0.4, 0.5) is 5.69 Å². The van der Waals surface area contributed by atoms with Crippen LogP contribution in [0.5, 0.6) is 0 Å². The van der Waals surface area contributed by atoms with Gasteiger partial charge in [-0.15, -0.1) is 0 Å². The minimum absolute atomic E-state index is 0.260. The molecule has 2 amide bonds. The molecule has 0 unspecified atom stereocenters. The van der Waals surface area contributed by atoms with Gasteiger partial charge in [0.1, 0.15) is 0 Å². The molecule has 3 aromatic rings. The van der Waals surface area contributed by atoms with E-state index in [1.54, 1.807) is 24.3 Å². The van der Waals surface area contributed by atoms with Gasteiger partial charge in [-0.2, -0.15) is 0 Å². The number of para-hydroxylation sites is 1. The second-order valence-corrected chi connectivity index (χ2v) is 6.71. The van der Waals surface area contributed by atoms with E-state index in [-0.39, 0.29) is 5.91 Å². The summed E-state index contributed by atoms with van der Waals surface area (Å²) in [5, 5.41) is 6.02. The molecule has 7 heteroatoms. The lowest BCUT2D eigenvalue weighted by molar-refractivity contribution is -0.119. The van der Waals surface area contributed by atoms with Crippen LogP contribution < -0.4 is 10.6 Å². The van der Waals surface area contributed by atoms with E-state index in [1.165, 1.54) is 7.05 Å². The summed E-state index contributed by atoms with van der Waals surface area (Å²) >= 11 is 0. The first kappa shape index (κ1) is 21.0. The molecular weight excluding hydrogens is 382 g/mol. The third-order valence-electron chi connectivity index (χ3n) is 4.74. The fourth-order valence-electron chi connectivity index (χ4n) is 3.25. The zero-order chi connectivity index (χ0) is 21.7. The molecule has 0 bridgehead atoms. The summed E-state index contributed by atoms with van der Waals surface area (Å²) in [7, 11) is 1.53. The Morgan fingerprint density at radius 3 is 2.57 bits per heavy atom. The van der Waals surface area contributed by atoms with Crippen LogP contribution in [0, 0.1) is 6.92 Å². The van der Waals surface area contributed by atoms with E-state index in [0.29, 0.717) is 28.9 Å². The number of fused-ring (bicyclic) bond motifs is 1. The van der Waals surface area contributed by atoms with Gasteiger partial charge in [-0.25, -0.2) is 4.79 Å². The standard InChI is InChI=1S/C23H23N3O4/c1-4-18-21(14(2)17-10-5-6-11-19(17)26-18)23(29)30-13-20(27)25-16-9-7-8-15(12-16)22(28)24-3/h5-12H,4,13H2,1-3H3,(H,24,28)(H,25,27). The Balaban J connectivity index is 1.72. The average molecular weight is 405 g/mol. The van der Waals surface area contributed by atoms with E-state index < -0.39 is 18.5 Å². The second kappa shape index (κ2) is 9.17. The fourth-order valence-corrected chi connectivity index (χ4v) is 3.25. The Kier molecular flexibility index (Phi) is 6.41. The summed E-state index contributed by atoms with van der Waals surface area (Å²) in [6.07, 6.45) is 0.564. The largest absolute Gasteiger partial charge is 0.452 e. The number of rotatable bonds is 6. The normalized spacial score (nSPS) is 10.5. The first-order valence-corrected chi connectivity index (χ1v) is 9.62. The Hall–Kier alpha value is -3.74. The summed E-state index contributed by atoms with van der Waals surface area (Å²) < 4.78 is 5.26. The molecule has 3 rings (SSSR count). The van der Waals surface area contributed by atoms with E-state index in [0.717, 1.165) is 16.5 Å². The highest BCUT2D eigenvalue weighted by Crippen LogP contribution is 2.24. The van der Waals surface area contributed by atoms with Crippen molar-refractivity contribution in [1.82, 2.24) is 10.3 Å². The van der Waals surface area contributed by atoms with Crippen LogP contribution in [0.15, 0.2) is 48.5 Å². The molecule has 0 aliphatic rings. The molecule has 154 valence electrons. The molecule has 0 aliphatic heterocycles. The number of hydrogen-bond acceptors (Lipinski definition) is 5. The number of carbonyl (C=O) groups excluding carboxylic acids is 3. The first-order valence-electron chi connectivity index (χ1n) is 9.62. The smallest absolute Gasteiger partial charge is 0.340 e. The maximum absolute atomic E-state index is 12.7. The quantitative estimate of drug-likeness (QED) is 0.614. The predicted octanol–water partition coefficient (Wildman–Crippen LogP) is 3.26. The van der Waals surface area contributed by atoms with Crippen molar-refractivity contribution in [2.45, 2.75) is 20.3 Å². The molecule has 2 N–H and O–H groups in total. The van der Waals surface area contributed by atoms with Gasteiger partial charge in [0.2, 0.25) is 0 Å². The molecule has 30 heavy (non-hydrogen) atoms. The van der Waals surface area contributed by atoms with Gasteiger partial charge in [0.15, 0.2) is 6.61 Å². The molecule has 0 saturated carbocycles. The number of carbonyl (C=O) groups is 3. The number of anilines is 1. The fraction of sp³-hybridized carbons (Fsp3) is 0.217.